The summed E-state index contributed by atoms with van der Waals surface area (Å²) >= 11 is 0. The van der Waals surface area contributed by atoms with Gasteiger partial charge < -0.3 is 40.2 Å². The Balaban J connectivity index is 2.81. The molecule has 0 fully saturated rings. The van der Waals surface area contributed by atoms with Crippen LogP contribution in [-0.2, 0) is 30.3 Å². The first-order valence-corrected chi connectivity index (χ1v) is 16.2. The summed E-state index contributed by atoms with van der Waals surface area (Å²) in [5.41, 5.74) is -0.892. The molecule has 12 heteroatoms. The van der Waals surface area contributed by atoms with Gasteiger partial charge in [0.25, 0.3) is 0 Å². The molecule has 1 aromatic carbocycles. The Morgan fingerprint density at radius 3 is 1.61 bits per heavy atom. The first kappa shape index (κ1) is 40.5. The predicted octanol–water partition coefficient (Wildman–Crippen LogP) is 5.97. The second-order valence-corrected chi connectivity index (χ2v) is 14.3. The van der Waals surface area contributed by atoms with E-state index in [-0.39, 0.29) is 18.6 Å². The first-order chi connectivity index (χ1) is 21.3. The quantitative estimate of drug-likeness (QED) is 0.119. The van der Waals surface area contributed by atoms with Crippen LogP contribution in [0.3, 0.4) is 0 Å². The van der Waals surface area contributed by atoms with Gasteiger partial charge >= 0.3 is 18.3 Å². The summed E-state index contributed by atoms with van der Waals surface area (Å²) in [5.74, 6) is -0.355. The standard InChI is InChI=1S/C34H58N4O8/c1-32(2,3)44-29(40)35-21-15-13-19-26(24-43-23-25-17-11-10-12-18-25)37-28(39)27(38-31(42)46-34(7,8)9)20-14-16-22-36-30(41)45-33(4,5)6/h10-12,17-18,26-27H,13-16,19-24H2,1-9H3,(H,35,40)(H,36,41)(H,37,39)(H,38,42)/t26-,27-/m0/s1. The van der Waals surface area contributed by atoms with E-state index in [1.54, 1.807) is 62.3 Å². The Labute approximate surface area is 275 Å². The van der Waals surface area contributed by atoms with Gasteiger partial charge in [0.1, 0.15) is 22.8 Å². The first-order valence-electron chi connectivity index (χ1n) is 16.2. The summed E-state index contributed by atoms with van der Waals surface area (Å²) in [6, 6.07) is 8.54. The molecular weight excluding hydrogens is 592 g/mol. The molecule has 0 unspecified atom stereocenters. The topological polar surface area (TPSA) is 153 Å². The molecule has 1 aromatic rings. The van der Waals surface area contributed by atoms with Gasteiger partial charge in [-0.25, -0.2) is 14.4 Å². The summed E-state index contributed by atoms with van der Waals surface area (Å²) in [6.45, 7) is 17.5. The Bertz CT molecular complexity index is 1060. The van der Waals surface area contributed by atoms with Gasteiger partial charge in [-0.05, 0) is 106 Å². The van der Waals surface area contributed by atoms with Crippen LogP contribution in [0.1, 0.15) is 106 Å². The number of unbranched alkanes of at least 4 members (excludes halogenated alkanes) is 2. The maximum absolute atomic E-state index is 13.5. The molecule has 1 rings (SSSR count). The van der Waals surface area contributed by atoms with Crippen LogP contribution in [0.5, 0.6) is 0 Å². The van der Waals surface area contributed by atoms with Crippen molar-refractivity contribution in [3.05, 3.63) is 35.9 Å². The van der Waals surface area contributed by atoms with E-state index in [0.717, 1.165) is 5.56 Å². The molecule has 0 spiro atoms. The van der Waals surface area contributed by atoms with Crippen LogP contribution in [0.2, 0.25) is 0 Å². The lowest BCUT2D eigenvalue weighted by molar-refractivity contribution is -0.124. The molecule has 0 radical (unpaired) electrons. The van der Waals surface area contributed by atoms with Crippen LogP contribution in [0.4, 0.5) is 14.4 Å². The Morgan fingerprint density at radius 2 is 1.11 bits per heavy atom. The van der Waals surface area contributed by atoms with E-state index in [2.05, 4.69) is 21.3 Å². The van der Waals surface area contributed by atoms with Gasteiger partial charge in [-0.2, -0.15) is 0 Å². The average molecular weight is 651 g/mol. The Hall–Kier alpha value is -3.54. The number of benzene rings is 1. The highest BCUT2D eigenvalue weighted by atomic mass is 16.6. The third-order valence-electron chi connectivity index (χ3n) is 6.02. The Morgan fingerprint density at radius 1 is 0.630 bits per heavy atom. The highest BCUT2D eigenvalue weighted by molar-refractivity contribution is 5.85. The zero-order valence-electron chi connectivity index (χ0n) is 29.4. The summed E-state index contributed by atoms with van der Waals surface area (Å²) < 4.78 is 21.9. The predicted molar refractivity (Wildman–Crippen MR) is 177 cm³/mol. The maximum Gasteiger partial charge on any atom is 0.408 e. The van der Waals surface area contributed by atoms with E-state index in [0.29, 0.717) is 58.2 Å². The van der Waals surface area contributed by atoms with Crippen LogP contribution < -0.4 is 21.3 Å². The summed E-state index contributed by atoms with van der Waals surface area (Å²) in [7, 11) is 0. The van der Waals surface area contributed by atoms with Gasteiger partial charge in [0.2, 0.25) is 5.91 Å². The van der Waals surface area contributed by atoms with Crippen LogP contribution in [0.25, 0.3) is 0 Å². The van der Waals surface area contributed by atoms with Crippen molar-refractivity contribution >= 4 is 24.2 Å². The number of rotatable bonds is 17. The summed E-state index contributed by atoms with van der Waals surface area (Å²) in [6.07, 6.45) is 1.76. The van der Waals surface area contributed by atoms with Crippen LogP contribution >= 0.6 is 0 Å². The minimum atomic E-state index is -0.859. The lowest BCUT2D eigenvalue weighted by Gasteiger charge is -2.26. The van der Waals surface area contributed by atoms with Gasteiger partial charge in [-0.15, -0.1) is 0 Å². The van der Waals surface area contributed by atoms with Gasteiger partial charge in [-0.1, -0.05) is 30.3 Å². The number of hydrogen-bond acceptors (Lipinski definition) is 8. The van der Waals surface area contributed by atoms with Gasteiger partial charge in [0, 0.05) is 13.1 Å². The molecule has 0 saturated heterocycles. The number of ether oxygens (including phenoxy) is 4. The van der Waals surface area contributed by atoms with E-state index in [1.807, 2.05) is 30.3 Å². The van der Waals surface area contributed by atoms with Crippen molar-refractivity contribution in [3.63, 3.8) is 0 Å². The SMILES string of the molecule is CC(C)(C)OC(=O)NCCCC[C@@H](COCc1ccccc1)NC(=O)[C@H](CCCCNC(=O)OC(C)(C)C)NC(=O)OC(C)(C)C. The smallest absolute Gasteiger partial charge is 0.408 e. The number of carbonyl (C=O) groups excluding carboxylic acids is 4. The molecule has 4 N–H and O–H groups in total. The fourth-order valence-electron chi connectivity index (χ4n) is 4.11. The van der Waals surface area contributed by atoms with Gasteiger partial charge in [0.05, 0.1) is 19.3 Å². The fraction of sp³-hybridized carbons (Fsp3) is 0.706. The molecule has 0 aliphatic carbocycles. The number of amides is 4. The van der Waals surface area contributed by atoms with E-state index in [1.165, 1.54) is 0 Å². The molecule has 4 amide bonds. The van der Waals surface area contributed by atoms with Crippen molar-refractivity contribution < 1.29 is 38.1 Å². The van der Waals surface area contributed by atoms with Crippen LogP contribution in [-0.4, -0.2) is 72.8 Å². The van der Waals surface area contributed by atoms with E-state index in [4.69, 9.17) is 18.9 Å². The average Bonchev–Trinajstić information content (AvgIpc) is 2.89. The van der Waals surface area contributed by atoms with Crippen molar-refractivity contribution in [2.45, 2.75) is 136 Å². The molecule has 12 nitrogen and oxygen atoms in total. The number of hydrogen-bond donors (Lipinski definition) is 4. The molecule has 0 aliphatic heterocycles. The Kier molecular flexibility index (Phi) is 17.5. The lowest BCUT2D eigenvalue weighted by Crippen LogP contribution is -2.51. The van der Waals surface area contributed by atoms with Crippen molar-refractivity contribution in [2.75, 3.05) is 19.7 Å². The number of nitrogens with one attached hydrogen (secondary N) is 4. The second kappa shape index (κ2) is 19.9. The second-order valence-electron chi connectivity index (χ2n) is 14.3. The fourth-order valence-corrected chi connectivity index (χ4v) is 4.11. The minimum Gasteiger partial charge on any atom is -0.444 e. The van der Waals surface area contributed by atoms with Gasteiger partial charge in [0.15, 0.2) is 0 Å². The zero-order valence-corrected chi connectivity index (χ0v) is 29.4. The normalized spacial score (nSPS) is 13.2. The number of carbonyl (C=O) groups is 4. The minimum absolute atomic E-state index is 0.263. The number of alkyl carbamates (subject to hydrolysis) is 3. The molecular formula is C34H58N4O8. The van der Waals surface area contributed by atoms with Crippen LogP contribution in [0.15, 0.2) is 30.3 Å². The van der Waals surface area contributed by atoms with E-state index < -0.39 is 41.1 Å². The highest BCUT2D eigenvalue weighted by Gasteiger charge is 2.26. The lowest BCUT2D eigenvalue weighted by atomic mass is 10.1. The van der Waals surface area contributed by atoms with Gasteiger partial charge in [-0.3, -0.25) is 4.79 Å². The molecule has 0 bridgehead atoms. The third kappa shape index (κ3) is 22.0. The largest absolute Gasteiger partial charge is 0.444 e. The molecule has 0 saturated carbocycles. The maximum atomic E-state index is 13.5. The molecule has 0 aliphatic rings. The van der Waals surface area contributed by atoms with E-state index in [9.17, 15) is 19.2 Å². The monoisotopic (exact) mass is 650 g/mol. The van der Waals surface area contributed by atoms with Crippen molar-refractivity contribution in [1.29, 1.82) is 0 Å². The van der Waals surface area contributed by atoms with Crippen molar-refractivity contribution in [3.8, 4) is 0 Å². The van der Waals surface area contributed by atoms with E-state index >= 15 is 0 Å². The summed E-state index contributed by atoms with van der Waals surface area (Å²) in [4.78, 5) is 50.1. The highest BCUT2D eigenvalue weighted by Crippen LogP contribution is 2.12. The molecule has 262 valence electrons. The summed E-state index contributed by atoms with van der Waals surface area (Å²) in [5, 5.41) is 11.2. The molecule has 0 heterocycles. The van der Waals surface area contributed by atoms with Crippen LogP contribution in [0, 0.1) is 0 Å². The van der Waals surface area contributed by atoms with Crippen molar-refractivity contribution in [2.24, 2.45) is 0 Å². The molecule has 2 atom stereocenters. The molecule has 46 heavy (non-hydrogen) atoms. The zero-order chi connectivity index (χ0) is 34.8. The molecule has 0 aromatic heterocycles. The van der Waals surface area contributed by atoms with Crippen molar-refractivity contribution in [1.82, 2.24) is 21.3 Å². The third-order valence-corrected chi connectivity index (χ3v) is 6.02.